The van der Waals surface area contributed by atoms with Crippen LogP contribution in [-0.4, -0.2) is 29.6 Å². The Labute approximate surface area is 172 Å². The number of ether oxygens (including phenoxy) is 2. The number of aliphatic imine (C=N–C) groups is 1. The Morgan fingerprint density at radius 3 is 2.62 bits per heavy atom. The number of allylic oxidation sites excluding steroid dienone is 1. The molecule has 0 spiro atoms. The highest BCUT2D eigenvalue weighted by Gasteiger charge is 2.19. The molecular weight excluding hydrogens is 386 g/mol. The first-order valence-corrected chi connectivity index (χ1v) is 9.89. The number of benzene rings is 2. The average Bonchev–Trinajstić information content (AvgIpc) is 3.20. The van der Waals surface area contributed by atoms with Gasteiger partial charge in [0.1, 0.15) is 12.5 Å². The summed E-state index contributed by atoms with van der Waals surface area (Å²) >= 11 is 1.40. The van der Waals surface area contributed by atoms with Gasteiger partial charge in [0.2, 0.25) is 5.88 Å². The number of rotatable bonds is 5. The Morgan fingerprint density at radius 2 is 1.90 bits per heavy atom. The molecule has 0 atom stereocenters. The van der Waals surface area contributed by atoms with Crippen molar-refractivity contribution in [3.8, 4) is 11.6 Å². The van der Waals surface area contributed by atoms with Crippen LogP contribution in [0.25, 0.3) is 11.6 Å². The molecule has 4 rings (SSSR count). The van der Waals surface area contributed by atoms with E-state index in [1.807, 2.05) is 61.5 Å². The molecule has 0 bridgehead atoms. The first-order chi connectivity index (χ1) is 14.1. The topological polar surface area (TPSA) is 68.3 Å². The molecule has 0 amide bonds. The number of hydrogen-bond donors (Lipinski definition) is 1. The van der Waals surface area contributed by atoms with E-state index in [0.29, 0.717) is 9.68 Å². The summed E-state index contributed by atoms with van der Waals surface area (Å²) in [5.41, 5.74) is 4.69. The molecule has 0 saturated carbocycles. The molecule has 3 aromatic rings. The smallest absolute Gasteiger partial charge is 0.213 e. The summed E-state index contributed by atoms with van der Waals surface area (Å²) in [6.07, 6.45) is 1.96. The molecule has 29 heavy (non-hydrogen) atoms. The summed E-state index contributed by atoms with van der Waals surface area (Å²) in [7, 11) is 3.21. The third-order valence-corrected chi connectivity index (χ3v) is 5.63. The summed E-state index contributed by atoms with van der Waals surface area (Å²) in [6, 6.07) is 15.4. The van der Waals surface area contributed by atoms with Gasteiger partial charge in [-0.2, -0.15) is 0 Å². The lowest BCUT2D eigenvalue weighted by molar-refractivity contribution is 0.121. The average molecular weight is 407 g/mol. The third kappa shape index (κ3) is 3.74. The zero-order valence-electron chi connectivity index (χ0n) is 16.4. The molecule has 1 aromatic heterocycles. The summed E-state index contributed by atoms with van der Waals surface area (Å²) < 4.78 is 12.1. The van der Waals surface area contributed by atoms with Crippen molar-refractivity contribution in [2.75, 3.05) is 14.2 Å². The van der Waals surface area contributed by atoms with E-state index >= 15 is 0 Å². The van der Waals surface area contributed by atoms with Crippen LogP contribution in [0.4, 0.5) is 11.4 Å². The molecule has 0 unspecified atom stereocenters. The van der Waals surface area contributed by atoms with Crippen molar-refractivity contribution < 1.29 is 14.6 Å². The highest BCUT2D eigenvalue weighted by Crippen LogP contribution is 2.37. The first kappa shape index (κ1) is 19.2. The van der Waals surface area contributed by atoms with E-state index in [1.54, 1.807) is 18.8 Å². The third-order valence-electron chi connectivity index (χ3n) is 4.61. The Bertz CT molecular complexity index is 1170. The van der Waals surface area contributed by atoms with Crippen LogP contribution in [0.2, 0.25) is 0 Å². The lowest BCUT2D eigenvalue weighted by atomic mass is 10.0. The number of aromatic nitrogens is 1. The largest absolute Gasteiger partial charge is 0.497 e. The number of hydrogen-bond acceptors (Lipinski definition) is 6. The van der Waals surface area contributed by atoms with Gasteiger partial charge in [0, 0.05) is 24.0 Å². The first-order valence-electron chi connectivity index (χ1n) is 9.08. The molecule has 0 fully saturated rings. The second-order valence-corrected chi connectivity index (χ2v) is 7.51. The van der Waals surface area contributed by atoms with Crippen molar-refractivity contribution in [1.29, 1.82) is 0 Å². The Balaban J connectivity index is 1.81. The minimum absolute atomic E-state index is 0.119. The predicted molar refractivity (Wildman–Crippen MR) is 116 cm³/mol. The van der Waals surface area contributed by atoms with Crippen molar-refractivity contribution in [1.82, 2.24) is 4.57 Å². The normalized spacial score (nSPS) is 14.9. The van der Waals surface area contributed by atoms with E-state index in [1.165, 1.54) is 11.3 Å². The molecule has 7 heteroatoms. The Hall–Kier alpha value is -3.16. The minimum Gasteiger partial charge on any atom is -0.497 e. The van der Waals surface area contributed by atoms with Gasteiger partial charge in [-0.1, -0.05) is 29.5 Å². The monoisotopic (exact) mass is 407 g/mol. The van der Waals surface area contributed by atoms with Crippen molar-refractivity contribution >= 4 is 40.1 Å². The zero-order valence-corrected chi connectivity index (χ0v) is 17.2. The predicted octanol–water partition coefficient (Wildman–Crippen LogP) is 4.75. The number of methoxy groups -OCH3 is 2. The van der Waals surface area contributed by atoms with E-state index in [-0.39, 0.29) is 12.6 Å². The molecule has 0 aliphatic carbocycles. The summed E-state index contributed by atoms with van der Waals surface area (Å²) in [5, 5.41) is 10.8. The van der Waals surface area contributed by atoms with Crippen molar-refractivity contribution in [2.24, 2.45) is 9.98 Å². The van der Waals surface area contributed by atoms with Crippen molar-refractivity contribution in [3.63, 3.8) is 0 Å². The van der Waals surface area contributed by atoms with E-state index in [2.05, 4.69) is 9.98 Å². The lowest BCUT2D eigenvalue weighted by Crippen LogP contribution is -2.15. The van der Waals surface area contributed by atoms with Crippen molar-refractivity contribution in [2.45, 2.75) is 13.7 Å². The van der Waals surface area contributed by atoms with Gasteiger partial charge in [0.25, 0.3) is 0 Å². The SMILES string of the molecule is COCn1c(O)c(/C=C2/C(C)=Nc3ccccc32)sc1=Nc1ccc(OC)cc1. The number of nitrogens with zero attached hydrogens (tertiary/aromatic N) is 3. The van der Waals surface area contributed by atoms with Crippen LogP contribution in [0.1, 0.15) is 17.4 Å². The van der Waals surface area contributed by atoms with E-state index in [9.17, 15) is 5.11 Å². The van der Waals surface area contributed by atoms with Gasteiger partial charge in [-0.05, 0) is 43.3 Å². The standard InChI is InChI=1S/C22H21N3O3S/c1-14-18(17-6-4-5-7-19(17)23-14)12-20-21(26)25(13-27-2)22(29-20)24-15-8-10-16(28-3)11-9-15/h4-12,26H,13H2,1-3H3/b18-12-,24-22?. The van der Waals surface area contributed by atoms with Gasteiger partial charge in [-0.25, -0.2) is 4.99 Å². The molecule has 2 aromatic carbocycles. The molecule has 1 N–H and O–H groups in total. The molecule has 0 saturated heterocycles. The fourth-order valence-corrected chi connectivity index (χ4v) is 4.14. The van der Waals surface area contributed by atoms with E-state index in [4.69, 9.17) is 9.47 Å². The van der Waals surface area contributed by atoms with E-state index in [0.717, 1.165) is 34.0 Å². The minimum atomic E-state index is 0.119. The maximum absolute atomic E-state index is 10.8. The maximum atomic E-state index is 10.8. The second kappa shape index (κ2) is 8.06. The summed E-state index contributed by atoms with van der Waals surface area (Å²) in [4.78, 5) is 10.6. The van der Waals surface area contributed by atoms with Crippen LogP contribution >= 0.6 is 11.3 Å². The van der Waals surface area contributed by atoms with Gasteiger partial charge in [-0.15, -0.1) is 0 Å². The molecular formula is C22H21N3O3S. The maximum Gasteiger partial charge on any atom is 0.213 e. The molecule has 6 nitrogen and oxygen atoms in total. The highest BCUT2D eigenvalue weighted by molar-refractivity contribution is 7.10. The fourth-order valence-electron chi connectivity index (χ4n) is 3.16. The zero-order chi connectivity index (χ0) is 20.4. The van der Waals surface area contributed by atoms with Crippen molar-refractivity contribution in [3.05, 3.63) is 63.8 Å². The summed E-state index contributed by atoms with van der Waals surface area (Å²) in [5.74, 6) is 0.886. The number of thiazole rings is 1. The van der Waals surface area contributed by atoms with Crippen LogP contribution in [-0.2, 0) is 11.5 Å². The Morgan fingerprint density at radius 1 is 1.14 bits per heavy atom. The Kier molecular flexibility index (Phi) is 5.33. The number of aromatic hydroxyl groups is 1. The number of fused-ring (bicyclic) bond motifs is 1. The fraction of sp³-hybridized carbons (Fsp3) is 0.182. The molecule has 1 aliphatic rings. The second-order valence-electron chi connectivity index (χ2n) is 6.50. The van der Waals surface area contributed by atoms with Crippen LogP contribution in [0, 0.1) is 0 Å². The van der Waals surface area contributed by atoms with Crippen LogP contribution in [0.3, 0.4) is 0 Å². The van der Waals surface area contributed by atoms with Gasteiger partial charge in [-0.3, -0.25) is 9.56 Å². The van der Waals surface area contributed by atoms with Crippen LogP contribution in [0.5, 0.6) is 11.6 Å². The van der Waals surface area contributed by atoms with Gasteiger partial charge in [0.15, 0.2) is 4.80 Å². The molecule has 2 heterocycles. The van der Waals surface area contributed by atoms with Gasteiger partial charge >= 0.3 is 0 Å². The van der Waals surface area contributed by atoms with Crippen LogP contribution in [0.15, 0.2) is 58.5 Å². The molecule has 1 aliphatic heterocycles. The van der Waals surface area contributed by atoms with Crippen LogP contribution < -0.4 is 9.54 Å². The lowest BCUT2D eigenvalue weighted by Gasteiger charge is -2.04. The van der Waals surface area contributed by atoms with Gasteiger partial charge in [0.05, 0.1) is 23.4 Å². The number of para-hydroxylation sites is 1. The van der Waals surface area contributed by atoms with E-state index < -0.39 is 0 Å². The highest BCUT2D eigenvalue weighted by atomic mass is 32.1. The summed E-state index contributed by atoms with van der Waals surface area (Å²) in [6.45, 7) is 2.17. The molecule has 0 radical (unpaired) electrons. The van der Waals surface area contributed by atoms with Gasteiger partial charge < -0.3 is 14.6 Å². The quantitative estimate of drug-likeness (QED) is 0.664. The molecule has 148 valence electrons.